The lowest BCUT2D eigenvalue weighted by molar-refractivity contribution is 0.671. The smallest absolute Gasteiger partial charge is 0.274 e. The Kier molecular flexibility index (Phi) is 2.57. The second kappa shape index (κ2) is 4.44. The number of H-pyrrole nitrogens is 1. The van der Waals surface area contributed by atoms with E-state index in [1.54, 1.807) is 6.92 Å². The minimum atomic E-state index is -0.126. The third-order valence-corrected chi connectivity index (χ3v) is 3.89. The number of para-hydroxylation sites is 1. The van der Waals surface area contributed by atoms with Crippen LogP contribution in [0.3, 0.4) is 0 Å². The number of rotatable bonds is 1. The van der Waals surface area contributed by atoms with Crippen LogP contribution in [0.15, 0.2) is 35.1 Å². The number of anilines is 1. The van der Waals surface area contributed by atoms with Crippen molar-refractivity contribution in [1.82, 2.24) is 19.6 Å². The van der Waals surface area contributed by atoms with Crippen molar-refractivity contribution in [3.05, 3.63) is 57.8 Å². The molecule has 0 saturated carbocycles. The highest BCUT2D eigenvalue weighted by Gasteiger charge is 2.24. The molecule has 0 bridgehead atoms. The molecular formula is C15H15N5O. The van der Waals surface area contributed by atoms with E-state index in [1.807, 2.05) is 12.1 Å². The lowest BCUT2D eigenvalue weighted by Gasteiger charge is -2.24. The van der Waals surface area contributed by atoms with Gasteiger partial charge in [0.2, 0.25) is 0 Å². The second-order valence-corrected chi connectivity index (χ2v) is 5.34. The Morgan fingerprint density at radius 2 is 2.14 bits per heavy atom. The van der Waals surface area contributed by atoms with E-state index in [9.17, 15) is 4.79 Å². The van der Waals surface area contributed by atoms with E-state index in [0.717, 1.165) is 24.5 Å². The molecule has 1 atom stereocenters. The zero-order valence-electron chi connectivity index (χ0n) is 11.6. The van der Waals surface area contributed by atoms with Gasteiger partial charge >= 0.3 is 0 Å². The van der Waals surface area contributed by atoms with E-state index in [2.05, 4.69) is 32.5 Å². The van der Waals surface area contributed by atoms with Gasteiger partial charge in [-0.3, -0.25) is 9.89 Å². The molecular weight excluding hydrogens is 266 g/mol. The van der Waals surface area contributed by atoms with Crippen molar-refractivity contribution in [2.45, 2.75) is 19.3 Å². The Labute approximate surface area is 120 Å². The van der Waals surface area contributed by atoms with Gasteiger partial charge in [-0.15, -0.1) is 0 Å². The van der Waals surface area contributed by atoms with Crippen LogP contribution in [0.4, 0.5) is 5.69 Å². The van der Waals surface area contributed by atoms with Gasteiger partial charge in [-0.25, -0.2) is 4.98 Å². The molecule has 0 amide bonds. The average molecular weight is 281 g/mol. The van der Waals surface area contributed by atoms with E-state index >= 15 is 0 Å². The molecule has 4 rings (SSSR count). The molecule has 3 aromatic rings. The Bertz CT molecular complexity index is 879. The van der Waals surface area contributed by atoms with E-state index in [4.69, 9.17) is 0 Å². The Balaban J connectivity index is 1.88. The van der Waals surface area contributed by atoms with Gasteiger partial charge in [-0.05, 0) is 25.0 Å². The summed E-state index contributed by atoms with van der Waals surface area (Å²) >= 11 is 0. The molecule has 2 aromatic heterocycles. The van der Waals surface area contributed by atoms with Crippen molar-refractivity contribution >= 4 is 11.5 Å². The van der Waals surface area contributed by atoms with Gasteiger partial charge in [0.1, 0.15) is 5.82 Å². The predicted molar refractivity (Wildman–Crippen MR) is 79.7 cm³/mol. The van der Waals surface area contributed by atoms with Crippen LogP contribution < -0.4 is 10.9 Å². The molecule has 3 heterocycles. The maximum absolute atomic E-state index is 12.0. The Morgan fingerprint density at radius 1 is 1.29 bits per heavy atom. The summed E-state index contributed by atoms with van der Waals surface area (Å²) in [5, 5.41) is 6.50. The van der Waals surface area contributed by atoms with Crippen LogP contribution in [0.2, 0.25) is 0 Å². The number of nitrogens with one attached hydrogen (secondary N) is 2. The van der Waals surface area contributed by atoms with Crippen LogP contribution >= 0.6 is 0 Å². The first-order valence-electron chi connectivity index (χ1n) is 7.01. The number of hydrogen-bond acceptors (Lipinski definition) is 4. The molecule has 0 aliphatic carbocycles. The Morgan fingerprint density at radius 3 is 3.05 bits per heavy atom. The molecule has 1 aliphatic rings. The van der Waals surface area contributed by atoms with Gasteiger partial charge < -0.3 is 5.32 Å². The highest BCUT2D eigenvalue weighted by Crippen LogP contribution is 2.34. The largest absolute Gasteiger partial charge is 0.385 e. The molecule has 0 fully saturated rings. The standard InChI is InChI=1S/C15H15N5O/c1-9-8-13(21)20-15(17-9)18-14(19-20)11-6-7-16-12-5-3-2-4-10(11)12/h2-5,8,11,16H,6-7H2,1H3,(H,17,18,19). The fraction of sp³-hybridized carbons (Fsp3) is 0.267. The second-order valence-electron chi connectivity index (χ2n) is 5.34. The fourth-order valence-electron chi connectivity index (χ4n) is 2.92. The lowest BCUT2D eigenvalue weighted by Crippen LogP contribution is -2.19. The number of fused-ring (bicyclic) bond motifs is 2. The van der Waals surface area contributed by atoms with Gasteiger partial charge in [-0.2, -0.15) is 9.50 Å². The zero-order valence-corrected chi connectivity index (χ0v) is 11.6. The van der Waals surface area contributed by atoms with Crippen LogP contribution in [0, 0.1) is 6.92 Å². The van der Waals surface area contributed by atoms with Gasteiger partial charge in [0, 0.05) is 29.9 Å². The number of nitrogens with zero attached hydrogens (tertiary/aromatic N) is 3. The lowest BCUT2D eigenvalue weighted by atomic mass is 9.90. The number of aromatic nitrogens is 4. The number of benzene rings is 1. The molecule has 6 heteroatoms. The minimum absolute atomic E-state index is 0.126. The van der Waals surface area contributed by atoms with Crippen LogP contribution in [-0.4, -0.2) is 26.1 Å². The monoisotopic (exact) mass is 281 g/mol. The van der Waals surface area contributed by atoms with Crippen molar-refractivity contribution in [3.8, 4) is 0 Å². The molecule has 0 radical (unpaired) electrons. The first kappa shape index (κ1) is 12.1. The minimum Gasteiger partial charge on any atom is -0.385 e. The van der Waals surface area contributed by atoms with Crippen molar-refractivity contribution in [2.24, 2.45) is 0 Å². The molecule has 2 N–H and O–H groups in total. The number of hydrogen-bond donors (Lipinski definition) is 2. The third-order valence-electron chi connectivity index (χ3n) is 3.89. The van der Waals surface area contributed by atoms with E-state index in [-0.39, 0.29) is 11.5 Å². The molecule has 1 aliphatic heterocycles. The molecule has 106 valence electrons. The highest BCUT2D eigenvalue weighted by molar-refractivity contribution is 5.56. The highest BCUT2D eigenvalue weighted by atomic mass is 16.1. The van der Waals surface area contributed by atoms with Crippen molar-refractivity contribution in [2.75, 3.05) is 11.9 Å². The van der Waals surface area contributed by atoms with E-state index in [1.165, 1.54) is 16.1 Å². The fourth-order valence-corrected chi connectivity index (χ4v) is 2.92. The molecule has 0 saturated heterocycles. The Hall–Kier alpha value is -2.63. The average Bonchev–Trinajstić information content (AvgIpc) is 2.90. The van der Waals surface area contributed by atoms with Crippen molar-refractivity contribution in [3.63, 3.8) is 0 Å². The van der Waals surface area contributed by atoms with Crippen LogP contribution in [0.1, 0.15) is 29.4 Å². The zero-order chi connectivity index (χ0) is 14.4. The normalized spacial score (nSPS) is 17.5. The topological polar surface area (TPSA) is 75.1 Å². The summed E-state index contributed by atoms with van der Waals surface area (Å²) in [4.78, 5) is 20.8. The first-order chi connectivity index (χ1) is 10.2. The maximum Gasteiger partial charge on any atom is 0.274 e. The molecule has 1 aromatic carbocycles. The summed E-state index contributed by atoms with van der Waals surface area (Å²) in [6, 6.07) is 9.71. The molecule has 1 unspecified atom stereocenters. The summed E-state index contributed by atoms with van der Waals surface area (Å²) in [5.74, 6) is 1.38. The SMILES string of the molecule is Cc1cc(=O)n2[nH]c(C3CCNc4ccccc43)nc2n1. The quantitative estimate of drug-likeness (QED) is 0.711. The summed E-state index contributed by atoms with van der Waals surface area (Å²) < 4.78 is 1.41. The third kappa shape index (κ3) is 1.91. The summed E-state index contributed by atoms with van der Waals surface area (Å²) in [5.41, 5.74) is 2.89. The van der Waals surface area contributed by atoms with Crippen molar-refractivity contribution in [1.29, 1.82) is 0 Å². The van der Waals surface area contributed by atoms with Crippen LogP contribution in [-0.2, 0) is 0 Å². The van der Waals surface area contributed by atoms with Gasteiger partial charge in [-0.1, -0.05) is 18.2 Å². The number of aryl methyl sites for hydroxylation is 1. The van der Waals surface area contributed by atoms with Crippen molar-refractivity contribution < 1.29 is 0 Å². The predicted octanol–water partition coefficient (Wildman–Crippen LogP) is 1.67. The maximum atomic E-state index is 12.0. The van der Waals surface area contributed by atoms with Gasteiger partial charge in [0.05, 0.1) is 0 Å². The summed E-state index contributed by atoms with van der Waals surface area (Å²) in [6.07, 6.45) is 0.935. The van der Waals surface area contributed by atoms with E-state index < -0.39 is 0 Å². The first-order valence-corrected chi connectivity index (χ1v) is 7.01. The molecule has 0 spiro atoms. The number of aromatic amines is 1. The van der Waals surface area contributed by atoms with E-state index in [0.29, 0.717) is 11.5 Å². The van der Waals surface area contributed by atoms with Gasteiger partial charge in [0.25, 0.3) is 11.3 Å². The molecule has 6 nitrogen and oxygen atoms in total. The van der Waals surface area contributed by atoms with Gasteiger partial charge in [0.15, 0.2) is 0 Å². The summed E-state index contributed by atoms with van der Waals surface area (Å²) in [6.45, 7) is 2.69. The van der Waals surface area contributed by atoms with Crippen LogP contribution in [0.5, 0.6) is 0 Å². The summed E-state index contributed by atoms with van der Waals surface area (Å²) in [7, 11) is 0. The van der Waals surface area contributed by atoms with Crippen LogP contribution in [0.25, 0.3) is 5.78 Å². The molecule has 21 heavy (non-hydrogen) atoms.